The molecule has 4 rings (SSSR count). The van der Waals surface area contributed by atoms with E-state index in [1.54, 1.807) is 0 Å². The van der Waals surface area contributed by atoms with Gasteiger partial charge >= 0.3 is 0 Å². The van der Waals surface area contributed by atoms with Gasteiger partial charge in [0.05, 0.1) is 28.0 Å². The smallest absolute Gasteiger partial charge is 0.295 e. The van der Waals surface area contributed by atoms with Crippen LogP contribution in [-0.2, 0) is 11.3 Å². The van der Waals surface area contributed by atoms with Gasteiger partial charge in [0.25, 0.3) is 5.91 Å². The number of nitrogens with one attached hydrogen (secondary N) is 2. The van der Waals surface area contributed by atoms with Gasteiger partial charge < -0.3 is 20.3 Å². The van der Waals surface area contributed by atoms with Gasteiger partial charge in [-0.05, 0) is 62.3 Å². The van der Waals surface area contributed by atoms with Crippen molar-refractivity contribution in [2.24, 2.45) is 4.99 Å². The first-order chi connectivity index (χ1) is 16.9. The zero-order valence-corrected chi connectivity index (χ0v) is 19.9. The lowest BCUT2D eigenvalue weighted by atomic mass is 9.96. The van der Waals surface area contributed by atoms with Crippen LogP contribution in [0.4, 0.5) is 10.1 Å². The normalized spacial score (nSPS) is 13.5. The van der Waals surface area contributed by atoms with E-state index >= 15 is 0 Å². The number of aromatic amines is 1. The lowest BCUT2D eigenvalue weighted by Gasteiger charge is -2.12. The maximum absolute atomic E-state index is 14.9. The van der Waals surface area contributed by atoms with Crippen molar-refractivity contribution in [1.29, 1.82) is 0 Å². The van der Waals surface area contributed by atoms with E-state index in [-0.39, 0.29) is 11.4 Å². The molecule has 1 aliphatic carbocycles. The lowest BCUT2D eigenvalue weighted by molar-refractivity contribution is -0.115. The molecule has 0 unspecified atom stereocenters. The Hall–Kier alpha value is -4.15. The van der Waals surface area contributed by atoms with Gasteiger partial charge in [-0.25, -0.2) is 9.38 Å². The Kier molecular flexibility index (Phi) is 7.14. The first-order valence-electron chi connectivity index (χ1n) is 11.3. The fourth-order valence-electron chi connectivity index (χ4n) is 3.95. The number of aliphatic imine (C=N–C) groups is 1. The first kappa shape index (κ1) is 24.0. The van der Waals surface area contributed by atoms with Gasteiger partial charge in [-0.2, -0.15) is 0 Å². The van der Waals surface area contributed by atoms with E-state index in [0.29, 0.717) is 22.2 Å². The fourth-order valence-corrected chi connectivity index (χ4v) is 3.95. The van der Waals surface area contributed by atoms with Crippen molar-refractivity contribution in [3.05, 3.63) is 82.7 Å². The highest BCUT2D eigenvalue weighted by molar-refractivity contribution is 6.23. The van der Waals surface area contributed by atoms with Crippen LogP contribution in [-0.4, -0.2) is 47.8 Å². The number of nitrogens with zero attached hydrogens (tertiary/aromatic N) is 2. The summed E-state index contributed by atoms with van der Waals surface area (Å²) >= 11 is 0. The minimum Gasteiger partial charge on any atom is -0.494 e. The summed E-state index contributed by atoms with van der Waals surface area (Å²) in [6.45, 7) is 0.818. The quantitative estimate of drug-likeness (QED) is 0.378. The van der Waals surface area contributed by atoms with Crippen molar-refractivity contribution in [3.8, 4) is 17.7 Å². The second-order valence-corrected chi connectivity index (χ2v) is 8.56. The maximum atomic E-state index is 14.9. The Labute approximate surface area is 203 Å². The molecule has 0 aliphatic heterocycles. The van der Waals surface area contributed by atoms with E-state index < -0.39 is 11.7 Å². The highest BCUT2D eigenvalue weighted by atomic mass is 19.1. The number of H-pyrrole nitrogens is 1. The summed E-state index contributed by atoms with van der Waals surface area (Å²) in [6, 6.07) is 10.7. The van der Waals surface area contributed by atoms with Crippen molar-refractivity contribution in [2.75, 3.05) is 21.1 Å². The Balaban J connectivity index is 1.84. The summed E-state index contributed by atoms with van der Waals surface area (Å²) in [4.78, 5) is 21.3. The van der Waals surface area contributed by atoms with E-state index in [1.807, 2.05) is 44.4 Å². The zero-order valence-electron chi connectivity index (χ0n) is 19.9. The number of allylic oxidation sites excluding steroid dienone is 4. The molecule has 0 spiro atoms. The molecule has 1 amide bonds. The van der Waals surface area contributed by atoms with Gasteiger partial charge in [-0.1, -0.05) is 36.3 Å². The van der Waals surface area contributed by atoms with Gasteiger partial charge in [0.2, 0.25) is 0 Å². The minimum absolute atomic E-state index is 0.0562. The van der Waals surface area contributed by atoms with Gasteiger partial charge in [0.1, 0.15) is 5.82 Å². The number of hydrogen-bond acceptors (Lipinski definition) is 4. The van der Waals surface area contributed by atoms with E-state index in [4.69, 9.17) is 4.99 Å². The van der Waals surface area contributed by atoms with Crippen LogP contribution in [0.5, 0.6) is 5.88 Å². The van der Waals surface area contributed by atoms with Crippen LogP contribution < -0.4 is 5.32 Å². The average molecular weight is 471 g/mol. The lowest BCUT2D eigenvalue weighted by Crippen LogP contribution is -2.14. The molecule has 0 bridgehead atoms. The van der Waals surface area contributed by atoms with Gasteiger partial charge in [-0.15, -0.1) is 0 Å². The Morgan fingerprint density at radius 3 is 2.66 bits per heavy atom. The number of carbonyl (C=O) groups is 1. The predicted octanol–water partition coefficient (Wildman–Crippen LogP) is 4.57. The summed E-state index contributed by atoms with van der Waals surface area (Å²) in [5.74, 6) is 3.67. The number of fused-ring (bicyclic) bond motifs is 1. The number of amides is 1. The number of halogens is 1. The van der Waals surface area contributed by atoms with Crippen LogP contribution in [0.15, 0.2) is 65.2 Å². The Morgan fingerprint density at radius 1 is 1.23 bits per heavy atom. The Morgan fingerprint density at radius 2 is 2.00 bits per heavy atom. The molecule has 3 N–H and O–H groups in total. The third kappa shape index (κ3) is 5.51. The predicted molar refractivity (Wildman–Crippen MR) is 137 cm³/mol. The SMILES string of the molecule is CNC(=O)C#Cc1cc2[nH]c(O)c(C(=Nc3ccc(CN(C)C)cc3)C3=CCCC=C3)c2cc1F. The topological polar surface area (TPSA) is 80.7 Å². The molecular weight excluding hydrogens is 443 g/mol. The Bertz CT molecular complexity index is 1420. The molecule has 1 heterocycles. The van der Waals surface area contributed by atoms with Crippen LogP contribution in [0, 0.1) is 17.7 Å². The molecule has 0 saturated carbocycles. The van der Waals surface area contributed by atoms with Crippen molar-refractivity contribution in [3.63, 3.8) is 0 Å². The summed E-state index contributed by atoms with van der Waals surface area (Å²) in [7, 11) is 5.48. The summed E-state index contributed by atoms with van der Waals surface area (Å²) in [5, 5.41) is 13.7. The van der Waals surface area contributed by atoms with Crippen LogP contribution in [0.3, 0.4) is 0 Å². The zero-order chi connectivity index (χ0) is 24.9. The van der Waals surface area contributed by atoms with Crippen molar-refractivity contribution >= 4 is 28.2 Å². The number of benzene rings is 2. The van der Waals surface area contributed by atoms with E-state index in [1.165, 1.54) is 19.2 Å². The molecule has 0 radical (unpaired) electrons. The number of hydrogen-bond donors (Lipinski definition) is 3. The molecule has 1 aromatic heterocycles. The molecule has 0 atom stereocenters. The molecule has 35 heavy (non-hydrogen) atoms. The van der Waals surface area contributed by atoms with Gasteiger partial charge in [0, 0.05) is 24.9 Å². The number of rotatable bonds is 5. The number of carbonyl (C=O) groups excluding carboxylic acids is 1. The molecular formula is C28H27FN4O2. The number of aromatic nitrogens is 1. The molecule has 3 aromatic rings. The minimum atomic E-state index is -0.588. The van der Waals surface area contributed by atoms with E-state index in [2.05, 4.69) is 39.2 Å². The molecule has 2 aromatic carbocycles. The maximum Gasteiger partial charge on any atom is 0.295 e. The first-order valence-corrected chi connectivity index (χ1v) is 11.3. The van der Waals surface area contributed by atoms with E-state index in [0.717, 1.165) is 36.2 Å². The molecule has 178 valence electrons. The van der Waals surface area contributed by atoms with E-state index in [9.17, 15) is 14.3 Å². The third-order valence-corrected chi connectivity index (χ3v) is 5.59. The van der Waals surface area contributed by atoms with Gasteiger partial charge in [0.15, 0.2) is 5.88 Å². The highest BCUT2D eigenvalue weighted by Gasteiger charge is 2.21. The molecule has 0 saturated heterocycles. The van der Waals surface area contributed by atoms with Crippen LogP contribution in [0.25, 0.3) is 10.9 Å². The third-order valence-electron chi connectivity index (χ3n) is 5.59. The summed E-state index contributed by atoms with van der Waals surface area (Å²) < 4.78 is 14.9. The van der Waals surface area contributed by atoms with Crippen LogP contribution >= 0.6 is 0 Å². The largest absolute Gasteiger partial charge is 0.494 e. The standard InChI is InChI=1S/C28H27FN4O2/c1-30-25(34)14-11-20-15-24-22(16-23(20)29)26(28(35)32-24)27(19-7-5-4-6-8-19)31-21-12-9-18(10-13-21)17-33(2)3/h5,7-10,12-13,15-16,32,35H,4,6,17H2,1-3H3,(H,30,34). The van der Waals surface area contributed by atoms with Crippen molar-refractivity contribution in [1.82, 2.24) is 15.2 Å². The monoisotopic (exact) mass is 470 g/mol. The highest BCUT2D eigenvalue weighted by Crippen LogP contribution is 2.34. The summed E-state index contributed by atoms with van der Waals surface area (Å²) in [6.07, 6.45) is 7.88. The van der Waals surface area contributed by atoms with Gasteiger partial charge in [-0.3, -0.25) is 4.79 Å². The molecule has 7 heteroatoms. The fraction of sp³-hybridized carbons (Fsp3) is 0.214. The van der Waals surface area contributed by atoms with Crippen LogP contribution in [0.1, 0.15) is 29.5 Å². The molecule has 0 fully saturated rings. The molecule has 1 aliphatic rings. The van der Waals surface area contributed by atoms with Crippen molar-refractivity contribution in [2.45, 2.75) is 19.4 Å². The second-order valence-electron chi connectivity index (χ2n) is 8.56. The summed E-state index contributed by atoms with van der Waals surface area (Å²) in [5.41, 5.74) is 4.26. The van der Waals surface area contributed by atoms with Crippen molar-refractivity contribution < 1.29 is 14.3 Å². The average Bonchev–Trinajstić information content (AvgIpc) is 3.16. The molecule has 6 nitrogen and oxygen atoms in total. The second kappa shape index (κ2) is 10.4. The van der Waals surface area contributed by atoms with Crippen LogP contribution in [0.2, 0.25) is 0 Å². The number of aromatic hydroxyl groups is 1.